The molecule has 6 rings (SSSR count). The SMILES string of the molecule is C.Cc1cc(F)c(C(=O)Nc2cccc3c2OC[C@H](CO)n2nnnc2-3)cc1-n1cnc(C2CC2)c1. The third-order valence-corrected chi connectivity index (χ3v) is 6.38. The zero-order valence-electron chi connectivity index (χ0n) is 18.8. The number of hydrogen-bond donors (Lipinski definition) is 2. The van der Waals surface area contributed by atoms with Crippen molar-refractivity contribution in [3.8, 4) is 22.8 Å². The van der Waals surface area contributed by atoms with Crippen LogP contribution in [0, 0.1) is 12.7 Å². The van der Waals surface area contributed by atoms with E-state index in [1.54, 1.807) is 31.5 Å². The van der Waals surface area contributed by atoms with E-state index < -0.39 is 17.8 Å². The van der Waals surface area contributed by atoms with Gasteiger partial charge in [0.1, 0.15) is 18.5 Å². The first-order chi connectivity index (χ1) is 17.0. The molecule has 1 atom stereocenters. The van der Waals surface area contributed by atoms with Crippen LogP contribution in [-0.4, -0.2) is 54.0 Å². The molecule has 10 nitrogen and oxygen atoms in total. The fourth-order valence-corrected chi connectivity index (χ4v) is 4.33. The normalized spacial score (nSPS) is 16.2. The Morgan fingerprint density at radius 3 is 2.92 bits per heavy atom. The maximum Gasteiger partial charge on any atom is 0.258 e. The number of halogens is 1. The molecule has 3 heterocycles. The molecule has 1 aliphatic heterocycles. The molecule has 1 amide bonds. The molecule has 11 heteroatoms. The fourth-order valence-electron chi connectivity index (χ4n) is 4.33. The number of rotatable bonds is 5. The number of tetrazole rings is 1. The van der Waals surface area contributed by atoms with Crippen molar-refractivity contribution < 1.29 is 19.0 Å². The van der Waals surface area contributed by atoms with E-state index in [0.717, 1.165) is 18.5 Å². The molecule has 2 N–H and O–H groups in total. The number of carbonyl (C=O) groups is 1. The number of anilines is 1. The minimum absolute atomic E-state index is 0. The monoisotopic (exact) mass is 491 g/mol. The first-order valence-corrected chi connectivity index (χ1v) is 11.3. The Bertz CT molecular complexity index is 1440. The largest absolute Gasteiger partial charge is 0.488 e. The summed E-state index contributed by atoms with van der Waals surface area (Å²) in [7, 11) is 0. The number of benzene rings is 2. The lowest BCUT2D eigenvalue weighted by atomic mass is 10.1. The lowest BCUT2D eigenvalue weighted by molar-refractivity contribution is 0.102. The van der Waals surface area contributed by atoms with Gasteiger partial charge in [-0.1, -0.05) is 13.5 Å². The van der Waals surface area contributed by atoms with Gasteiger partial charge in [-0.3, -0.25) is 4.79 Å². The molecule has 0 spiro atoms. The molecule has 2 aliphatic rings. The molecule has 36 heavy (non-hydrogen) atoms. The van der Waals surface area contributed by atoms with Gasteiger partial charge in [-0.05, 0) is 60.0 Å². The van der Waals surface area contributed by atoms with Crippen LogP contribution >= 0.6 is 0 Å². The molecule has 2 aromatic heterocycles. The van der Waals surface area contributed by atoms with Gasteiger partial charge < -0.3 is 19.7 Å². The number of nitrogens with one attached hydrogen (secondary N) is 1. The number of aliphatic hydroxyl groups excluding tert-OH is 1. The number of para-hydroxylation sites is 1. The number of aromatic nitrogens is 6. The smallest absolute Gasteiger partial charge is 0.258 e. The molecule has 4 aromatic rings. The fraction of sp³-hybridized carbons (Fsp3) is 0.320. The predicted molar refractivity (Wildman–Crippen MR) is 130 cm³/mol. The Labute approximate surface area is 206 Å². The average molecular weight is 492 g/mol. The van der Waals surface area contributed by atoms with Crippen LogP contribution in [0.2, 0.25) is 0 Å². The Morgan fingerprint density at radius 1 is 1.31 bits per heavy atom. The number of amides is 1. The second kappa shape index (κ2) is 9.15. The molecule has 0 unspecified atom stereocenters. The number of carbonyl (C=O) groups excluding carboxylic acids is 1. The highest BCUT2D eigenvalue weighted by atomic mass is 19.1. The van der Waals surface area contributed by atoms with E-state index in [0.29, 0.717) is 40.0 Å². The van der Waals surface area contributed by atoms with Gasteiger partial charge in [0.25, 0.3) is 5.91 Å². The van der Waals surface area contributed by atoms with E-state index in [9.17, 15) is 14.3 Å². The number of aliphatic hydroxyl groups is 1. The van der Waals surface area contributed by atoms with Gasteiger partial charge in [-0.25, -0.2) is 14.1 Å². The van der Waals surface area contributed by atoms with Crippen LogP contribution in [0.3, 0.4) is 0 Å². The first kappa shape index (κ1) is 23.6. The van der Waals surface area contributed by atoms with Gasteiger partial charge in [0, 0.05) is 12.1 Å². The summed E-state index contributed by atoms with van der Waals surface area (Å²) >= 11 is 0. The van der Waals surface area contributed by atoms with Crippen molar-refractivity contribution in [2.24, 2.45) is 0 Å². The third-order valence-electron chi connectivity index (χ3n) is 6.38. The summed E-state index contributed by atoms with van der Waals surface area (Å²) in [5, 5.41) is 24.2. The molecule has 0 bridgehead atoms. The van der Waals surface area contributed by atoms with E-state index in [1.165, 1.54) is 16.8 Å². The minimum Gasteiger partial charge on any atom is -0.488 e. The van der Waals surface area contributed by atoms with Crippen LogP contribution < -0.4 is 10.1 Å². The van der Waals surface area contributed by atoms with Crippen molar-refractivity contribution in [3.63, 3.8) is 0 Å². The zero-order valence-corrected chi connectivity index (χ0v) is 18.8. The number of aryl methyl sites for hydroxylation is 1. The van der Waals surface area contributed by atoms with Crippen LogP contribution in [0.1, 0.15) is 53.8 Å². The number of nitrogens with zero attached hydrogens (tertiary/aromatic N) is 6. The third kappa shape index (κ3) is 4.01. The van der Waals surface area contributed by atoms with Gasteiger partial charge in [-0.2, -0.15) is 0 Å². The maximum atomic E-state index is 14.9. The summed E-state index contributed by atoms with van der Waals surface area (Å²) < 4.78 is 24.2. The topological polar surface area (TPSA) is 120 Å². The van der Waals surface area contributed by atoms with Crippen LogP contribution in [0.15, 0.2) is 42.9 Å². The number of ether oxygens (including phenoxy) is 1. The number of hydrogen-bond acceptors (Lipinski definition) is 7. The first-order valence-electron chi connectivity index (χ1n) is 11.3. The predicted octanol–water partition coefficient (Wildman–Crippen LogP) is 3.66. The molecular weight excluding hydrogens is 465 g/mol. The summed E-state index contributed by atoms with van der Waals surface area (Å²) in [4.78, 5) is 17.7. The van der Waals surface area contributed by atoms with Crippen LogP contribution in [-0.2, 0) is 0 Å². The molecule has 2 aromatic carbocycles. The summed E-state index contributed by atoms with van der Waals surface area (Å²) in [5.74, 6) is -0.00354. The Hall–Kier alpha value is -4.12. The molecule has 186 valence electrons. The maximum absolute atomic E-state index is 14.9. The van der Waals surface area contributed by atoms with Crippen LogP contribution in [0.4, 0.5) is 10.1 Å². The highest BCUT2D eigenvalue weighted by Crippen LogP contribution is 2.40. The van der Waals surface area contributed by atoms with Crippen molar-refractivity contribution in [2.75, 3.05) is 18.5 Å². The highest BCUT2D eigenvalue weighted by molar-refractivity contribution is 6.06. The second-order valence-corrected chi connectivity index (χ2v) is 8.83. The highest BCUT2D eigenvalue weighted by Gasteiger charge is 2.28. The second-order valence-electron chi connectivity index (χ2n) is 8.83. The van der Waals surface area contributed by atoms with Gasteiger partial charge in [-0.15, -0.1) is 5.10 Å². The van der Waals surface area contributed by atoms with Gasteiger partial charge in [0.05, 0.1) is 41.1 Å². The lowest BCUT2D eigenvalue weighted by Crippen LogP contribution is -2.21. The van der Waals surface area contributed by atoms with Crippen molar-refractivity contribution in [2.45, 2.75) is 39.2 Å². The van der Waals surface area contributed by atoms with Crippen LogP contribution in [0.25, 0.3) is 17.1 Å². The van der Waals surface area contributed by atoms with Crippen molar-refractivity contribution in [1.82, 2.24) is 29.8 Å². The van der Waals surface area contributed by atoms with Crippen molar-refractivity contribution in [3.05, 3.63) is 65.5 Å². The molecule has 0 saturated heterocycles. The van der Waals surface area contributed by atoms with Gasteiger partial charge >= 0.3 is 0 Å². The average Bonchev–Trinajstić information content (AvgIpc) is 3.43. The zero-order chi connectivity index (χ0) is 24.1. The molecular formula is C25H26FN7O3. The van der Waals surface area contributed by atoms with Crippen LogP contribution in [0.5, 0.6) is 5.75 Å². The quantitative estimate of drug-likeness (QED) is 0.437. The summed E-state index contributed by atoms with van der Waals surface area (Å²) in [6, 6.07) is 7.54. The minimum atomic E-state index is -0.626. The van der Waals surface area contributed by atoms with Crippen molar-refractivity contribution >= 4 is 11.6 Å². The van der Waals surface area contributed by atoms with E-state index in [1.807, 2.05) is 10.8 Å². The summed E-state index contributed by atoms with van der Waals surface area (Å²) in [6.45, 7) is 1.67. The Balaban J connectivity index is 0.00000267. The van der Waals surface area contributed by atoms with E-state index in [2.05, 4.69) is 25.8 Å². The number of imidazole rings is 1. The molecule has 1 saturated carbocycles. The van der Waals surface area contributed by atoms with Crippen molar-refractivity contribution in [1.29, 1.82) is 0 Å². The van der Waals surface area contributed by atoms with E-state index in [-0.39, 0.29) is 26.2 Å². The summed E-state index contributed by atoms with van der Waals surface area (Å²) in [5.41, 5.74) is 3.19. The molecule has 1 aliphatic carbocycles. The molecule has 0 radical (unpaired) electrons. The standard InChI is InChI=1S/C24H22FN7O3.CH4/c1-13-7-18(25)17(8-21(13)31-9-20(26-12-31)14-5-6-14)24(34)27-19-4-2-3-16-22(19)35-11-15(10-33)32-23(16)28-29-30-32;/h2-4,7-9,12,14-15,33H,5-6,10-11H2,1H3,(H,27,34);1H4/t15-;/m0./s1. The lowest BCUT2D eigenvalue weighted by Gasteiger charge is -2.15. The molecule has 1 fully saturated rings. The Morgan fingerprint density at radius 2 is 2.14 bits per heavy atom. The number of fused-ring (bicyclic) bond motifs is 3. The van der Waals surface area contributed by atoms with E-state index in [4.69, 9.17) is 4.74 Å². The van der Waals surface area contributed by atoms with E-state index >= 15 is 0 Å². The van der Waals surface area contributed by atoms with Gasteiger partial charge in [0.15, 0.2) is 11.6 Å². The Kier molecular flexibility index (Phi) is 6.00. The van der Waals surface area contributed by atoms with Gasteiger partial charge in [0.2, 0.25) is 0 Å². The summed E-state index contributed by atoms with van der Waals surface area (Å²) in [6.07, 6.45) is 5.89.